The zero-order chi connectivity index (χ0) is 35.0. The van der Waals surface area contributed by atoms with Crippen molar-refractivity contribution in [1.29, 1.82) is 0 Å². The van der Waals surface area contributed by atoms with Gasteiger partial charge in [-0.25, -0.2) is 0 Å². The van der Waals surface area contributed by atoms with Crippen LogP contribution in [0, 0.1) is 0 Å². The minimum absolute atomic E-state index is 0.0212. The van der Waals surface area contributed by atoms with Crippen LogP contribution in [0.25, 0.3) is 6.08 Å². The van der Waals surface area contributed by atoms with Crippen LogP contribution in [0.15, 0.2) is 132 Å². The van der Waals surface area contributed by atoms with E-state index in [0.717, 1.165) is 4.90 Å². The number of thioether (sulfide) groups is 1. The Morgan fingerprint density at radius 3 is 2.10 bits per heavy atom. The van der Waals surface area contributed by atoms with E-state index in [1.54, 1.807) is 115 Å². The second-order valence-electron chi connectivity index (χ2n) is 11.1. The fraction of sp³-hybridized carbons (Fsp3) is 0.0750. The number of carbonyl (C=O) groups is 5. The molecule has 0 fully saturated rings. The van der Waals surface area contributed by atoms with Gasteiger partial charge in [0.1, 0.15) is 11.4 Å². The van der Waals surface area contributed by atoms with E-state index < -0.39 is 11.8 Å². The largest absolute Gasteiger partial charge is 0.493 e. The molecule has 3 N–H and O–H groups in total. The van der Waals surface area contributed by atoms with Gasteiger partial charge in [-0.15, -0.1) is 11.8 Å². The molecule has 0 saturated carbocycles. The maximum Gasteiger partial charge on any atom is 0.272 e. The number of carbonyl (C=O) groups excluding carboxylic acids is 5. The predicted octanol–water partition coefficient (Wildman–Crippen LogP) is 7.00. The molecule has 248 valence electrons. The third kappa shape index (κ3) is 7.56. The number of fused-ring (bicyclic) bond motifs is 2. The summed E-state index contributed by atoms with van der Waals surface area (Å²) in [5, 5.41) is 8.35. The standard InChI is InChI=1S/C40H31N3O6S/c1-2-49-34-18-9-6-13-26(34)23-33(43-39(47)25-11-4-3-5-12-25)40(48)41-27-19-21-28(22-20-27)50-24-35(44)42-32-17-10-16-31-36(32)38(46)30-15-8-7-14-29(30)37(31)45/h3-23H,2,24H2,1H3,(H,41,48)(H,42,44)(H,43,47)/b33-23-. The number of rotatable bonds is 11. The fourth-order valence-electron chi connectivity index (χ4n) is 5.40. The third-order valence-corrected chi connectivity index (χ3v) is 8.77. The zero-order valence-corrected chi connectivity index (χ0v) is 27.7. The Morgan fingerprint density at radius 2 is 1.36 bits per heavy atom. The summed E-state index contributed by atoms with van der Waals surface area (Å²) in [5.41, 5.74) is 2.89. The lowest BCUT2D eigenvalue weighted by Gasteiger charge is -2.20. The van der Waals surface area contributed by atoms with Crippen molar-refractivity contribution in [3.05, 3.63) is 160 Å². The van der Waals surface area contributed by atoms with E-state index in [-0.39, 0.29) is 45.7 Å². The first-order valence-electron chi connectivity index (χ1n) is 15.8. The summed E-state index contributed by atoms with van der Waals surface area (Å²) in [5.74, 6) is -1.30. The Morgan fingerprint density at radius 1 is 0.700 bits per heavy atom. The number of amides is 3. The van der Waals surface area contributed by atoms with Gasteiger partial charge in [-0.3, -0.25) is 24.0 Å². The van der Waals surface area contributed by atoms with Crippen LogP contribution in [-0.4, -0.2) is 41.6 Å². The molecule has 0 aromatic heterocycles. The van der Waals surface area contributed by atoms with Crippen LogP contribution >= 0.6 is 11.8 Å². The quantitative estimate of drug-likeness (QED) is 0.0992. The van der Waals surface area contributed by atoms with Crippen molar-refractivity contribution in [3.63, 3.8) is 0 Å². The Kier molecular flexibility index (Phi) is 10.3. The van der Waals surface area contributed by atoms with Crippen molar-refractivity contribution < 1.29 is 28.7 Å². The summed E-state index contributed by atoms with van der Waals surface area (Å²) in [6.45, 7) is 2.29. The molecule has 10 heteroatoms. The van der Waals surface area contributed by atoms with Gasteiger partial charge in [-0.1, -0.05) is 72.8 Å². The average molecular weight is 682 g/mol. The minimum atomic E-state index is -0.540. The van der Waals surface area contributed by atoms with Gasteiger partial charge >= 0.3 is 0 Å². The normalized spacial score (nSPS) is 12.0. The summed E-state index contributed by atoms with van der Waals surface area (Å²) < 4.78 is 5.71. The van der Waals surface area contributed by atoms with E-state index in [0.29, 0.717) is 40.3 Å². The van der Waals surface area contributed by atoms with Crippen LogP contribution in [0.2, 0.25) is 0 Å². The molecule has 0 spiro atoms. The van der Waals surface area contributed by atoms with E-state index in [9.17, 15) is 24.0 Å². The van der Waals surface area contributed by atoms with Crippen LogP contribution in [0.3, 0.4) is 0 Å². The highest BCUT2D eigenvalue weighted by Gasteiger charge is 2.31. The molecule has 0 bridgehead atoms. The molecule has 50 heavy (non-hydrogen) atoms. The van der Waals surface area contributed by atoms with E-state index in [4.69, 9.17) is 4.74 Å². The first-order chi connectivity index (χ1) is 24.3. The lowest BCUT2D eigenvalue weighted by molar-refractivity contribution is -0.114. The van der Waals surface area contributed by atoms with Crippen molar-refractivity contribution in [2.75, 3.05) is 23.0 Å². The molecule has 0 atom stereocenters. The van der Waals surface area contributed by atoms with Crippen molar-refractivity contribution >= 4 is 58.5 Å². The van der Waals surface area contributed by atoms with Gasteiger partial charge in [-0.05, 0) is 61.5 Å². The summed E-state index contributed by atoms with van der Waals surface area (Å²) in [6.07, 6.45) is 1.57. The van der Waals surface area contributed by atoms with E-state index >= 15 is 0 Å². The molecule has 0 heterocycles. The van der Waals surface area contributed by atoms with E-state index in [2.05, 4.69) is 16.0 Å². The van der Waals surface area contributed by atoms with E-state index in [1.165, 1.54) is 11.8 Å². The Bertz CT molecular complexity index is 2140. The second kappa shape index (κ2) is 15.3. The first-order valence-corrected chi connectivity index (χ1v) is 16.8. The lowest BCUT2D eigenvalue weighted by atomic mass is 9.83. The zero-order valence-electron chi connectivity index (χ0n) is 26.9. The molecule has 6 rings (SSSR count). The number of benzene rings is 5. The van der Waals surface area contributed by atoms with Crippen LogP contribution in [0.4, 0.5) is 11.4 Å². The number of ether oxygens (including phenoxy) is 1. The van der Waals surface area contributed by atoms with Crippen LogP contribution < -0.4 is 20.7 Å². The van der Waals surface area contributed by atoms with Crippen LogP contribution in [0.5, 0.6) is 5.75 Å². The highest BCUT2D eigenvalue weighted by molar-refractivity contribution is 8.00. The number of ketones is 2. The highest BCUT2D eigenvalue weighted by Crippen LogP contribution is 2.32. The minimum Gasteiger partial charge on any atom is -0.493 e. The summed E-state index contributed by atoms with van der Waals surface area (Å²) in [6, 6.07) is 34.2. The van der Waals surface area contributed by atoms with Gasteiger partial charge in [0, 0.05) is 38.4 Å². The van der Waals surface area contributed by atoms with Crippen molar-refractivity contribution in [1.82, 2.24) is 5.32 Å². The maximum atomic E-state index is 13.5. The van der Waals surface area contributed by atoms with Gasteiger partial charge in [0.2, 0.25) is 5.91 Å². The van der Waals surface area contributed by atoms with Crippen molar-refractivity contribution in [3.8, 4) is 5.75 Å². The predicted molar refractivity (Wildman–Crippen MR) is 194 cm³/mol. The first kappa shape index (κ1) is 33.6. The molecule has 0 saturated heterocycles. The Hall–Kier alpha value is -6.26. The van der Waals surface area contributed by atoms with Gasteiger partial charge in [0.15, 0.2) is 11.6 Å². The number of hydrogen-bond acceptors (Lipinski definition) is 7. The topological polar surface area (TPSA) is 131 Å². The van der Waals surface area contributed by atoms with Crippen LogP contribution in [0.1, 0.15) is 54.7 Å². The Balaban J connectivity index is 1.12. The monoisotopic (exact) mass is 681 g/mol. The molecule has 5 aromatic rings. The molecule has 1 aliphatic carbocycles. The molecule has 0 unspecified atom stereocenters. The van der Waals surface area contributed by atoms with Gasteiger partial charge < -0.3 is 20.7 Å². The average Bonchev–Trinajstić information content (AvgIpc) is 3.14. The third-order valence-electron chi connectivity index (χ3n) is 7.76. The number of para-hydroxylation sites is 1. The fourth-order valence-corrected chi connectivity index (χ4v) is 6.10. The van der Waals surface area contributed by atoms with Gasteiger partial charge in [0.05, 0.1) is 23.6 Å². The van der Waals surface area contributed by atoms with E-state index in [1.807, 2.05) is 19.1 Å². The maximum absolute atomic E-state index is 13.5. The molecule has 0 aliphatic heterocycles. The summed E-state index contributed by atoms with van der Waals surface area (Å²) in [4.78, 5) is 66.5. The molecule has 0 radical (unpaired) electrons. The molecule has 9 nitrogen and oxygen atoms in total. The smallest absolute Gasteiger partial charge is 0.272 e. The van der Waals surface area contributed by atoms with Crippen molar-refractivity contribution in [2.45, 2.75) is 11.8 Å². The highest BCUT2D eigenvalue weighted by atomic mass is 32.2. The lowest BCUT2D eigenvalue weighted by Crippen LogP contribution is -2.30. The second-order valence-corrected chi connectivity index (χ2v) is 12.1. The Labute approximate surface area is 292 Å². The van der Waals surface area contributed by atoms with Crippen LogP contribution in [-0.2, 0) is 9.59 Å². The van der Waals surface area contributed by atoms with Crippen molar-refractivity contribution in [2.24, 2.45) is 0 Å². The molecular weight excluding hydrogens is 651 g/mol. The molecule has 3 amide bonds. The molecule has 5 aromatic carbocycles. The molecule has 1 aliphatic rings. The molecular formula is C40H31N3O6S. The summed E-state index contributed by atoms with van der Waals surface area (Å²) >= 11 is 1.26. The summed E-state index contributed by atoms with van der Waals surface area (Å²) in [7, 11) is 0. The van der Waals surface area contributed by atoms with Gasteiger partial charge in [0.25, 0.3) is 11.8 Å². The van der Waals surface area contributed by atoms with Gasteiger partial charge in [-0.2, -0.15) is 0 Å². The number of nitrogens with one attached hydrogen (secondary N) is 3. The number of hydrogen-bond donors (Lipinski definition) is 3. The SMILES string of the molecule is CCOc1ccccc1/C=C(\NC(=O)c1ccccc1)C(=O)Nc1ccc(SCC(=O)Nc2cccc3c2C(=O)c2ccccc2C3=O)cc1. The number of anilines is 2.